The SMILES string of the molecule is Nc1ccc2c(c1)nnn2S(=O)(=O)O.[Ag]. The van der Waals surface area contributed by atoms with Crippen LogP contribution in [0.3, 0.4) is 0 Å². The van der Waals surface area contributed by atoms with Crippen molar-refractivity contribution in [2.45, 2.75) is 0 Å². The summed E-state index contributed by atoms with van der Waals surface area (Å²) in [6, 6.07) is 4.37. The third-order valence-corrected chi connectivity index (χ3v) is 2.36. The Kier molecular flexibility index (Phi) is 3.16. The molecule has 1 aromatic carbocycles. The van der Waals surface area contributed by atoms with Crippen LogP contribution in [0.1, 0.15) is 0 Å². The molecule has 15 heavy (non-hydrogen) atoms. The van der Waals surface area contributed by atoms with E-state index in [4.69, 9.17) is 10.3 Å². The molecule has 0 aliphatic heterocycles. The summed E-state index contributed by atoms with van der Waals surface area (Å²) >= 11 is 0. The predicted molar refractivity (Wildman–Crippen MR) is 48.9 cm³/mol. The Balaban J connectivity index is 0.00000112. The Labute approximate surface area is 101 Å². The largest absolute Gasteiger partial charge is 0.399 e. The second-order valence-corrected chi connectivity index (χ2v) is 3.90. The van der Waals surface area contributed by atoms with Crippen molar-refractivity contribution in [3.8, 4) is 0 Å². The van der Waals surface area contributed by atoms with E-state index in [9.17, 15) is 8.42 Å². The first-order chi connectivity index (χ1) is 6.48. The molecule has 7 nitrogen and oxygen atoms in total. The topological polar surface area (TPSA) is 111 Å². The minimum absolute atomic E-state index is 0. The van der Waals surface area contributed by atoms with Crippen LogP contribution in [-0.4, -0.2) is 27.4 Å². The second kappa shape index (κ2) is 3.91. The molecule has 0 aliphatic carbocycles. The summed E-state index contributed by atoms with van der Waals surface area (Å²) in [5.74, 6) is 0. The third-order valence-electron chi connectivity index (χ3n) is 1.66. The van der Waals surface area contributed by atoms with Gasteiger partial charge in [0.2, 0.25) is 0 Å². The van der Waals surface area contributed by atoms with Crippen LogP contribution in [0.4, 0.5) is 5.69 Å². The molecule has 1 aromatic heterocycles. The van der Waals surface area contributed by atoms with Gasteiger partial charge >= 0.3 is 10.3 Å². The van der Waals surface area contributed by atoms with E-state index in [1.807, 2.05) is 0 Å². The normalized spacial score (nSPS) is 11.3. The maximum atomic E-state index is 10.8. The van der Waals surface area contributed by atoms with Gasteiger partial charge in [0.05, 0.1) is 0 Å². The summed E-state index contributed by atoms with van der Waals surface area (Å²) < 4.78 is 30.7. The van der Waals surface area contributed by atoms with Crippen molar-refractivity contribution in [1.29, 1.82) is 0 Å². The minimum Gasteiger partial charge on any atom is -0.399 e. The predicted octanol–water partition coefficient (Wildman–Crippen LogP) is -0.338. The van der Waals surface area contributed by atoms with Crippen molar-refractivity contribution in [2.75, 3.05) is 5.73 Å². The minimum atomic E-state index is -4.40. The molecule has 0 aliphatic rings. The Bertz CT molecular complexity index is 593. The number of anilines is 1. The summed E-state index contributed by atoms with van der Waals surface area (Å²) in [7, 11) is -4.40. The average molecular weight is 322 g/mol. The number of fused-ring (bicyclic) bond motifs is 1. The number of hydrogen-bond donors (Lipinski definition) is 2. The van der Waals surface area contributed by atoms with Crippen LogP contribution in [0, 0.1) is 0 Å². The van der Waals surface area contributed by atoms with E-state index in [-0.39, 0.29) is 27.9 Å². The summed E-state index contributed by atoms with van der Waals surface area (Å²) in [5, 5.41) is 6.82. The van der Waals surface area contributed by atoms with Crippen molar-refractivity contribution in [3.63, 3.8) is 0 Å². The molecule has 0 unspecified atom stereocenters. The van der Waals surface area contributed by atoms with Crippen LogP contribution in [0.15, 0.2) is 18.2 Å². The zero-order valence-corrected chi connectivity index (χ0v) is 9.42. The molecule has 0 saturated carbocycles. The average Bonchev–Trinajstić information content (AvgIpc) is 2.45. The number of aromatic nitrogens is 3. The summed E-state index contributed by atoms with van der Waals surface area (Å²) in [5.41, 5.74) is 6.39. The molecule has 0 atom stereocenters. The molecule has 0 saturated heterocycles. The summed E-state index contributed by atoms with van der Waals surface area (Å²) in [4.78, 5) is 0. The molecule has 9 heteroatoms. The van der Waals surface area contributed by atoms with Crippen molar-refractivity contribution >= 4 is 27.0 Å². The van der Waals surface area contributed by atoms with E-state index in [2.05, 4.69) is 10.3 Å². The first kappa shape index (κ1) is 12.1. The van der Waals surface area contributed by atoms with Crippen molar-refractivity contribution in [1.82, 2.24) is 14.4 Å². The van der Waals surface area contributed by atoms with Crippen molar-refractivity contribution in [3.05, 3.63) is 18.2 Å². The Morgan fingerprint density at radius 1 is 1.40 bits per heavy atom. The third kappa shape index (κ3) is 2.19. The molecule has 1 radical (unpaired) electrons. The smallest absolute Gasteiger partial charge is 0.380 e. The molecular formula is C6H6AgN4O3S. The Morgan fingerprint density at radius 2 is 2.07 bits per heavy atom. The van der Waals surface area contributed by atoms with Gasteiger partial charge < -0.3 is 5.73 Å². The van der Waals surface area contributed by atoms with E-state index in [0.717, 1.165) is 0 Å². The standard InChI is InChI=1S/C6H6N4O3S.Ag/c7-4-1-2-6-5(3-4)8-9-10(6)14(11,12)13;/h1-3H,7H2,(H,11,12,13);. The van der Waals surface area contributed by atoms with Gasteiger partial charge in [0.1, 0.15) is 11.0 Å². The molecule has 85 valence electrons. The first-order valence-corrected chi connectivity index (χ1v) is 4.97. The van der Waals surface area contributed by atoms with Crippen LogP contribution >= 0.6 is 0 Å². The van der Waals surface area contributed by atoms with Gasteiger partial charge in [-0.1, -0.05) is 0 Å². The number of hydrogen-bond acceptors (Lipinski definition) is 5. The van der Waals surface area contributed by atoms with E-state index in [1.165, 1.54) is 18.2 Å². The summed E-state index contributed by atoms with van der Waals surface area (Å²) in [6.45, 7) is 0. The molecule has 1 heterocycles. The molecule has 0 spiro atoms. The van der Waals surface area contributed by atoms with E-state index >= 15 is 0 Å². The first-order valence-electron chi connectivity index (χ1n) is 3.57. The fourth-order valence-corrected chi connectivity index (χ4v) is 1.62. The summed E-state index contributed by atoms with van der Waals surface area (Å²) in [6.07, 6.45) is 0. The Hall–Kier alpha value is -0.930. The van der Waals surface area contributed by atoms with E-state index < -0.39 is 10.3 Å². The zero-order valence-electron chi connectivity index (χ0n) is 7.12. The molecule has 2 aromatic rings. The number of rotatable bonds is 1. The number of nitrogens with zero attached hydrogens (tertiary/aromatic N) is 3. The van der Waals surface area contributed by atoms with Gasteiger partial charge in [-0.25, -0.2) is 0 Å². The van der Waals surface area contributed by atoms with Gasteiger partial charge in [0.15, 0.2) is 0 Å². The molecular weight excluding hydrogens is 316 g/mol. The van der Waals surface area contributed by atoms with E-state index in [1.54, 1.807) is 0 Å². The molecule has 0 amide bonds. The van der Waals surface area contributed by atoms with Crippen molar-refractivity contribution < 1.29 is 35.4 Å². The van der Waals surface area contributed by atoms with Crippen LogP contribution in [0.25, 0.3) is 11.0 Å². The quantitative estimate of drug-likeness (QED) is 0.422. The van der Waals surface area contributed by atoms with Crippen LogP contribution in [0.5, 0.6) is 0 Å². The molecule has 0 bridgehead atoms. The monoisotopic (exact) mass is 321 g/mol. The fraction of sp³-hybridized carbons (Fsp3) is 0. The zero-order chi connectivity index (χ0) is 10.3. The van der Waals surface area contributed by atoms with Gasteiger partial charge in [-0.3, -0.25) is 4.55 Å². The van der Waals surface area contributed by atoms with E-state index in [0.29, 0.717) is 15.3 Å². The maximum Gasteiger partial charge on any atom is 0.380 e. The molecule has 3 N–H and O–H groups in total. The van der Waals surface area contributed by atoms with Gasteiger partial charge in [-0.2, -0.15) is 8.42 Å². The fourth-order valence-electron chi connectivity index (χ4n) is 1.09. The van der Waals surface area contributed by atoms with Gasteiger partial charge in [-0.05, 0) is 23.4 Å². The van der Waals surface area contributed by atoms with Crippen LogP contribution in [-0.2, 0) is 32.7 Å². The molecule has 0 fully saturated rings. The number of nitrogen functional groups attached to an aromatic ring is 1. The van der Waals surface area contributed by atoms with Crippen molar-refractivity contribution in [2.24, 2.45) is 0 Å². The maximum absolute atomic E-state index is 10.8. The van der Waals surface area contributed by atoms with Gasteiger partial charge in [0.25, 0.3) is 0 Å². The number of benzene rings is 1. The molecule has 2 rings (SSSR count). The second-order valence-electron chi connectivity index (χ2n) is 2.66. The Morgan fingerprint density at radius 3 is 2.67 bits per heavy atom. The van der Waals surface area contributed by atoms with Gasteiger partial charge in [-0.15, -0.1) is 9.19 Å². The van der Waals surface area contributed by atoms with Crippen LogP contribution in [0.2, 0.25) is 0 Å². The van der Waals surface area contributed by atoms with Gasteiger partial charge in [0, 0.05) is 28.1 Å². The van der Waals surface area contributed by atoms with Crippen LogP contribution < -0.4 is 5.73 Å². The number of nitrogens with two attached hydrogens (primary N) is 1.